The monoisotopic (exact) mass is 379 g/mol. The first-order chi connectivity index (χ1) is 11.9. The van der Waals surface area contributed by atoms with Crippen LogP contribution in [0.25, 0.3) is 0 Å². The lowest BCUT2D eigenvalue weighted by atomic mass is 9.97. The summed E-state index contributed by atoms with van der Waals surface area (Å²) in [4.78, 5) is 33.6. The highest BCUT2D eigenvalue weighted by Gasteiger charge is 2.80. The number of hydrogen-bond acceptors (Lipinski definition) is 5. The first-order valence-electron chi connectivity index (χ1n) is 7.32. The van der Waals surface area contributed by atoms with Crippen LogP contribution in [0.15, 0.2) is 12.3 Å². The summed E-state index contributed by atoms with van der Waals surface area (Å²) in [6, 6.07) is 1.85. The van der Waals surface area contributed by atoms with Gasteiger partial charge in [0.25, 0.3) is 0 Å². The Hall–Kier alpha value is -2.63. The Morgan fingerprint density at radius 3 is 1.92 bits per heavy atom. The molecule has 0 unspecified atom stereocenters. The summed E-state index contributed by atoms with van der Waals surface area (Å²) < 4.78 is 33.4. The standard InChI is InChI=1S/C12H15N3O4.C2HF3O2/c1-14-8(2-3-13-14)4-15-6-11(9(16)17)5-12(11,7-15)10(18)19;3-2(4,5)1(6)7/h2-3H,4-7H2,1H3,(H,16,17)(H,18,19);(H,6,7)/t11-,12+;. The molecule has 2 fully saturated rings. The van der Waals surface area contributed by atoms with E-state index >= 15 is 0 Å². The number of aliphatic carboxylic acids is 3. The smallest absolute Gasteiger partial charge is 0.481 e. The van der Waals surface area contributed by atoms with Crippen molar-refractivity contribution in [2.24, 2.45) is 17.9 Å². The number of nitrogens with zero attached hydrogens (tertiary/aromatic N) is 3. The first-order valence-corrected chi connectivity index (χ1v) is 7.32. The lowest BCUT2D eigenvalue weighted by Crippen LogP contribution is -2.29. The number of aryl methyl sites for hydroxylation is 1. The van der Waals surface area contributed by atoms with Crippen molar-refractivity contribution in [1.82, 2.24) is 14.7 Å². The Bertz CT molecular complexity index is 721. The molecule has 26 heavy (non-hydrogen) atoms. The third kappa shape index (κ3) is 3.23. The van der Waals surface area contributed by atoms with E-state index in [0.29, 0.717) is 19.6 Å². The molecule has 1 saturated heterocycles. The van der Waals surface area contributed by atoms with Crippen LogP contribution < -0.4 is 0 Å². The maximum Gasteiger partial charge on any atom is 0.490 e. The lowest BCUT2D eigenvalue weighted by Gasteiger charge is -2.19. The summed E-state index contributed by atoms with van der Waals surface area (Å²) in [6.45, 7) is 1.11. The van der Waals surface area contributed by atoms with Crippen molar-refractivity contribution in [2.75, 3.05) is 13.1 Å². The fourth-order valence-electron chi connectivity index (χ4n) is 3.30. The van der Waals surface area contributed by atoms with Crippen LogP contribution in [0.5, 0.6) is 0 Å². The Balaban J connectivity index is 0.000000298. The number of carboxylic acid groups (broad SMARTS) is 3. The SMILES string of the molecule is Cn1nccc1CN1C[C@@]2(C(=O)O)C[C@@]2(C(=O)O)C1.O=C(O)C(F)(F)F. The van der Waals surface area contributed by atoms with Gasteiger partial charge in [-0.05, 0) is 12.5 Å². The van der Waals surface area contributed by atoms with E-state index in [1.165, 1.54) is 0 Å². The van der Waals surface area contributed by atoms with E-state index < -0.39 is 34.9 Å². The molecule has 1 saturated carbocycles. The Morgan fingerprint density at radius 1 is 1.15 bits per heavy atom. The zero-order valence-corrected chi connectivity index (χ0v) is 13.5. The molecule has 3 N–H and O–H groups in total. The minimum absolute atomic E-state index is 0.243. The number of carboxylic acids is 3. The van der Waals surface area contributed by atoms with Gasteiger partial charge in [-0.25, -0.2) is 4.79 Å². The van der Waals surface area contributed by atoms with Gasteiger partial charge in [0.15, 0.2) is 0 Å². The molecule has 0 aromatic carbocycles. The first kappa shape index (κ1) is 19.7. The van der Waals surface area contributed by atoms with Gasteiger partial charge in [0.1, 0.15) is 0 Å². The van der Waals surface area contributed by atoms with Gasteiger partial charge in [-0.15, -0.1) is 0 Å². The van der Waals surface area contributed by atoms with E-state index in [9.17, 15) is 33.0 Å². The average Bonchev–Trinajstić information content (AvgIpc) is 2.80. The quantitative estimate of drug-likeness (QED) is 0.685. The van der Waals surface area contributed by atoms with E-state index in [0.717, 1.165) is 5.69 Å². The predicted molar refractivity (Wildman–Crippen MR) is 76.9 cm³/mol. The van der Waals surface area contributed by atoms with Crippen molar-refractivity contribution < 1.29 is 42.9 Å². The molecule has 9 nitrogen and oxygen atoms in total. The maximum atomic E-state index is 11.4. The van der Waals surface area contributed by atoms with E-state index in [4.69, 9.17) is 9.90 Å². The molecule has 1 aliphatic carbocycles. The van der Waals surface area contributed by atoms with Gasteiger partial charge < -0.3 is 15.3 Å². The molecule has 1 aliphatic heterocycles. The molecule has 144 valence electrons. The van der Waals surface area contributed by atoms with Gasteiger partial charge in [0.2, 0.25) is 0 Å². The number of aromatic nitrogens is 2. The molecule has 2 atom stereocenters. The molecule has 0 bridgehead atoms. The van der Waals surface area contributed by atoms with Crippen LogP contribution in [-0.2, 0) is 28.0 Å². The van der Waals surface area contributed by atoms with Gasteiger partial charge in [0, 0.05) is 32.9 Å². The Kier molecular flexibility index (Phi) is 4.75. The van der Waals surface area contributed by atoms with Gasteiger partial charge in [-0.2, -0.15) is 18.3 Å². The summed E-state index contributed by atoms with van der Waals surface area (Å²) in [5, 5.41) is 29.8. The zero-order chi connectivity index (χ0) is 19.9. The van der Waals surface area contributed by atoms with Crippen LogP contribution in [0.3, 0.4) is 0 Å². The van der Waals surface area contributed by atoms with Crippen LogP contribution in [-0.4, -0.2) is 67.2 Å². The summed E-state index contributed by atoms with van der Waals surface area (Å²) in [6.07, 6.45) is -3.17. The third-order valence-electron chi connectivity index (χ3n) is 4.75. The van der Waals surface area contributed by atoms with Crippen LogP contribution in [0.2, 0.25) is 0 Å². The number of alkyl halides is 3. The number of likely N-dealkylation sites (tertiary alicyclic amines) is 1. The molecular weight excluding hydrogens is 363 g/mol. The summed E-state index contributed by atoms with van der Waals surface area (Å²) >= 11 is 0. The average molecular weight is 379 g/mol. The molecular formula is C14H16F3N3O6. The molecule has 0 amide bonds. The van der Waals surface area contributed by atoms with Crippen LogP contribution in [0.4, 0.5) is 13.2 Å². The molecule has 1 aromatic heterocycles. The van der Waals surface area contributed by atoms with Crippen LogP contribution >= 0.6 is 0 Å². The fraction of sp³-hybridized carbons (Fsp3) is 0.571. The van der Waals surface area contributed by atoms with Crippen molar-refractivity contribution in [3.05, 3.63) is 18.0 Å². The van der Waals surface area contributed by atoms with E-state index in [2.05, 4.69) is 5.10 Å². The normalized spacial score (nSPS) is 27.2. The van der Waals surface area contributed by atoms with Gasteiger partial charge in [0.05, 0.1) is 16.5 Å². The molecule has 12 heteroatoms. The van der Waals surface area contributed by atoms with Gasteiger partial charge >= 0.3 is 24.1 Å². The zero-order valence-electron chi connectivity index (χ0n) is 13.5. The highest BCUT2D eigenvalue weighted by atomic mass is 19.4. The van der Waals surface area contributed by atoms with E-state index in [1.54, 1.807) is 10.9 Å². The number of fused-ring (bicyclic) bond motifs is 1. The Labute approximate surface area is 144 Å². The number of halogens is 3. The van der Waals surface area contributed by atoms with Crippen molar-refractivity contribution in [1.29, 1.82) is 0 Å². The van der Waals surface area contributed by atoms with Crippen LogP contribution in [0.1, 0.15) is 12.1 Å². The maximum absolute atomic E-state index is 11.4. The van der Waals surface area contributed by atoms with Crippen molar-refractivity contribution >= 4 is 17.9 Å². The highest BCUT2D eigenvalue weighted by Crippen LogP contribution is 2.68. The molecule has 2 aliphatic rings. The molecule has 3 rings (SSSR count). The number of hydrogen-bond donors (Lipinski definition) is 3. The number of piperidine rings is 1. The predicted octanol–water partition coefficient (Wildman–Crippen LogP) is 0.415. The van der Waals surface area contributed by atoms with Crippen molar-refractivity contribution in [3.8, 4) is 0 Å². The molecule has 2 heterocycles. The topological polar surface area (TPSA) is 133 Å². The summed E-state index contributed by atoms with van der Waals surface area (Å²) in [7, 11) is 1.81. The van der Waals surface area contributed by atoms with Gasteiger partial charge in [-0.1, -0.05) is 0 Å². The fourth-order valence-corrected chi connectivity index (χ4v) is 3.30. The second-order valence-electron chi connectivity index (χ2n) is 6.35. The lowest BCUT2D eigenvalue weighted by molar-refractivity contribution is -0.192. The van der Waals surface area contributed by atoms with Crippen molar-refractivity contribution in [2.45, 2.75) is 19.1 Å². The number of rotatable bonds is 4. The highest BCUT2D eigenvalue weighted by molar-refractivity contribution is 5.94. The minimum Gasteiger partial charge on any atom is -0.481 e. The largest absolute Gasteiger partial charge is 0.490 e. The third-order valence-corrected chi connectivity index (χ3v) is 4.75. The van der Waals surface area contributed by atoms with Crippen LogP contribution in [0, 0.1) is 10.8 Å². The van der Waals surface area contributed by atoms with E-state index in [-0.39, 0.29) is 6.42 Å². The van der Waals surface area contributed by atoms with Crippen molar-refractivity contribution in [3.63, 3.8) is 0 Å². The minimum atomic E-state index is -5.08. The van der Waals surface area contributed by atoms with E-state index in [1.807, 2.05) is 18.0 Å². The second-order valence-corrected chi connectivity index (χ2v) is 6.35. The molecule has 1 aromatic rings. The Morgan fingerprint density at radius 2 is 1.62 bits per heavy atom. The van der Waals surface area contributed by atoms with Gasteiger partial charge in [-0.3, -0.25) is 19.2 Å². The molecule has 0 radical (unpaired) electrons. The number of carbonyl (C=O) groups is 3. The second kappa shape index (κ2) is 6.27. The summed E-state index contributed by atoms with van der Waals surface area (Å²) in [5.74, 6) is -4.75. The molecule has 0 spiro atoms. The summed E-state index contributed by atoms with van der Waals surface area (Å²) in [5.41, 5.74) is -1.25.